The van der Waals surface area contributed by atoms with Crippen molar-refractivity contribution < 1.29 is 4.79 Å². The van der Waals surface area contributed by atoms with Gasteiger partial charge in [0.25, 0.3) is 0 Å². The van der Waals surface area contributed by atoms with Gasteiger partial charge in [-0.1, -0.05) is 40.5 Å². The van der Waals surface area contributed by atoms with E-state index in [1.54, 1.807) is 0 Å². The van der Waals surface area contributed by atoms with Gasteiger partial charge in [-0.15, -0.1) is 12.4 Å². The van der Waals surface area contributed by atoms with Crippen LogP contribution in [0.5, 0.6) is 0 Å². The van der Waals surface area contributed by atoms with Crippen LogP contribution in [-0.2, 0) is 4.79 Å². The molecule has 0 bridgehead atoms. The van der Waals surface area contributed by atoms with Gasteiger partial charge in [0.05, 0.1) is 5.54 Å². The van der Waals surface area contributed by atoms with E-state index in [2.05, 4.69) is 33.0 Å². The first-order chi connectivity index (χ1) is 8.62. The Bertz CT molecular complexity index is 343. The SMILES string of the molecule is CC1(C)CC(NC(=O)C2(N)CCCC2)CC(C)(C)C1.Cl. The lowest BCUT2D eigenvalue weighted by atomic mass is 9.63. The number of hydrogen-bond acceptors (Lipinski definition) is 2. The molecular weight excluding hydrogens is 272 g/mol. The van der Waals surface area contributed by atoms with Crippen LogP contribution in [0.15, 0.2) is 0 Å². The minimum atomic E-state index is -0.592. The summed E-state index contributed by atoms with van der Waals surface area (Å²) in [6, 6.07) is 0.285. The number of carbonyl (C=O) groups excluding carboxylic acids is 1. The Kier molecular flexibility index (Phi) is 5.19. The molecule has 0 aromatic rings. The molecule has 0 heterocycles. The molecular formula is C16H31ClN2O. The Morgan fingerprint density at radius 3 is 1.95 bits per heavy atom. The van der Waals surface area contributed by atoms with Gasteiger partial charge in [0, 0.05) is 6.04 Å². The van der Waals surface area contributed by atoms with E-state index in [1.165, 1.54) is 6.42 Å². The van der Waals surface area contributed by atoms with Gasteiger partial charge < -0.3 is 11.1 Å². The van der Waals surface area contributed by atoms with Crippen molar-refractivity contribution in [3.63, 3.8) is 0 Å². The molecule has 2 saturated carbocycles. The van der Waals surface area contributed by atoms with E-state index in [1.807, 2.05) is 0 Å². The minimum absolute atomic E-state index is 0. The summed E-state index contributed by atoms with van der Waals surface area (Å²) in [7, 11) is 0. The van der Waals surface area contributed by atoms with E-state index in [4.69, 9.17) is 5.73 Å². The molecule has 2 rings (SSSR count). The highest BCUT2D eigenvalue weighted by atomic mass is 35.5. The summed E-state index contributed by atoms with van der Waals surface area (Å²) in [5.41, 5.74) is 6.26. The summed E-state index contributed by atoms with van der Waals surface area (Å²) in [4.78, 5) is 12.4. The van der Waals surface area contributed by atoms with Crippen molar-refractivity contribution in [2.24, 2.45) is 16.6 Å². The molecule has 20 heavy (non-hydrogen) atoms. The summed E-state index contributed by atoms with van der Waals surface area (Å²) < 4.78 is 0. The number of rotatable bonds is 2. The van der Waals surface area contributed by atoms with E-state index >= 15 is 0 Å². The third kappa shape index (κ3) is 4.11. The molecule has 3 nitrogen and oxygen atoms in total. The monoisotopic (exact) mass is 302 g/mol. The predicted molar refractivity (Wildman–Crippen MR) is 86.0 cm³/mol. The zero-order valence-electron chi connectivity index (χ0n) is 13.4. The molecule has 0 saturated heterocycles. The second-order valence-electron chi connectivity index (χ2n) is 8.45. The third-order valence-electron chi connectivity index (χ3n) is 4.84. The fourth-order valence-electron chi connectivity index (χ4n) is 4.51. The summed E-state index contributed by atoms with van der Waals surface area (Å²) in [6.07, 6.45) is 7.23. The molecule has 4 heteroatoms. The van der Waals surface area contributed by atoms with Crippen LogP contribution in [0, 0.1) is 10.8 Å². The van der Waals surface area contributed by atoms with Gasteiger partial charge in [-0.3, -0.25) is 4.79 Å². The molecule has 118 valence electrons. The number of nitrogens with two attached hydrogens (primary N) is 1. The van der Waals surface area contributed by atoms with Crippen LogP contribution in [0.1, 0.15) is 72.6 Å². The lowest BCUT2D eigenvalue weighted by molar-refractivity contribution is -0.127. The van der Waals surface area contributed by atoms with E-state index in [0.29, 0.717) is 10.8 Å². The Morgan fingerprint density at radius 1 is 1.05 bits per heavy atom. The third-order valence-corrected chi connectivity index (χ3v) is 4.84. The largest absolute Gasteiger partial charge is 0.352 e. The van der Waals surface area contributed by atoms with E-state index in [-0.39, 0.29) is 24.4 Å². The smallest absolute Gasteiger partial charge is 0.240 e. The number of carbonyl (C=O) groups is 1. The van der Waals surface area contributed by atoms with Gasteiger partial charge in [0.2, 0.25) is 5.91 Å². The van der Waals surface area contributed by atoms with E-state index in [0.717, 1.165) is 38.5 Å². The van der Waals surface area contributed by atoms with E-state index in [9.17, 15) is 4.79 Å². The Morgan fingerprint density at radius 2 is 1.50 bits per heavy atom. The van der Waals surface area contributed by atoms with Crippen LogP contribution in [0.25, 0.3) is 0 Å². The standard InChI is InChI=1S/C16H30N2O.ClH/c1-14(2)9-12(10-15(3,4)11-14)18-13(19)16(17)7-5-6-8-16;/h12H,5-11,17H2,1-4H3,(H,18,19);1H. The highest BCUT2D eigenvalue weighted by molar-refractivity contribution is 5.86. The second kappa shape index (κ2) is 5.84. The molecule has 2 aliphatic carbocycles. The van der Waals surface area contributed by atoms with Crippen molar-refractivity contribution in [3.8, 4) is 0 Å². The average Bonchev–Trinajstić information content (AvgIpc) is 2.61. The number of amides is 1. The maximum atomic E-state index is 12.4. The molecule has 3 N–H and O–H groups in total. The van der Waals surface area contributed by atoms with Gasteiger partial charge in [-0.2, -0.15) is 0 Å². The van der Waals surface area contributed by atoms with Gasteiger partial charge in [-0.05, 0) is 42.9 Å². The molecule has 0 aromatic carbocycles. The topological polar surface area (TPSA) is 55.1 Å². The van der Waals surface area contributed by atoms with Crippen LogP contribution < -0.4 is 11.1 Å². The van der Waals surface area contributed by atoms with Crippen molar-refractivity contribution in [3.05, 3.63) is 0 Å². The zero-order valence-corrected chi connectivity index (χ0v) is 14.2. The maximum Gasteiger partial charge on any atom is 0.240 e. The van der Waals surface area contributed by atoms with Crippen LogP contribution in [-0.4, -0.2) is 17.5 Å². The number of nitrogens with one attached hydrogen (secondary N) is 1. The average molecular weight is 303 g/mol. The van der Waals surface area contributed by atoms with E-state index < -0.39 is 5.54 Å². The number of hydrogen-bond donors (Lipinski definition) is 2. The molecule has 1 amide bonds. The molecule has 2 aliphatic rings. The van der Waals surface area contributed by atoms with Crippen LogP contribution >= 0.6 is 12.4 Å². The molecule has 0 spiro atoms. The minimum Gasteiger partial charge on any atom is -0.352 e. The first-order valence-corrected chi connectivity index (χ1v) is 7.72. The fraction of sp³-hybridized carbons (Fsp3) is 0.938. The molecule has 0 radical (unpaired) electrons. The summed E-state index contributed by atoms with van der Waals surface area (Å²) in [5.74, 6) is 0.0866. The quantitative estimate of drug-likeness (QED) is 0.821. The predicted octanol–water partition coefficient (Wildman–Crippen LogP) is 3.40. The lowest BCUT2D eigenvalue weighted by Crippen LogP contribution is -2.56. The molecule has 0 unspecified atom stereocenters. The molecule has 0 aromatic heterocycles. The molecule has 0 aliphatic heterocycles. The highest BCUT2D eigenvalue weighted by Gasteiger charge is 2.42. The maximum absolute atomic E-state index is 12.4. The normalized spacial score (nSPS) is 27.6. The van der Waals surface area contributed by atoms with Crippen molar-refractivity contribution in [2.45, 2.75) is 84.2 Å². The van der Waals surface area contributed by atoms with Gasteiger partial charge in [0.15, 0.2) is 0 Å². The van der Waals surface area contributed by atoms with Crippen LogP contribution in [0.4, 0.5) is 0 Å². The Labute approximate surface area is 129 Å². The summed E-state index contributed by atoms with van der Waals surface area (Å²) >= 11 is 0. The van der Waals surface area contributed by atoms with Crippen molar-refractivity contribution in [1.82, 2.24) is 5.32 Å². The van der Waals surface area contributed by atoms with Crippen molar-refractivity contribution in [1.29, 1.82) is 0 Å². The lowest BCUT2D eigenvalue weighted by Gasteiger charge is -2.45. The fourth-order valence-corrected chi connectivity index (χ4v) is 4.51. The van der Waals surface area contributed by atoms with Crippen molar-refractivity contribution >= 4 is 18.3 Å². The Balaban J connectivity index is 0.00000200. The van der Waals surface area contributed by atoms with Crippen LogP contribution in [0.3, 0.4) is 0 Å². The second-order valence-corrected chi connectivity index (χ2v) is 8.45. The van der Waals surface area contributed by atoms with Gasteiger partial charge >= 0.3 is 0 Å². The first kappa shape index (κ1) is 17.8. The van der Waals surface area contributed by atoms with Crippen molar-refractivity contribution in [2.75, 3.05) is 0 Å². The van der Waals surface area contributed by atoms with Crippen LogP contribution in [0.2, 0.25) is 0 Å². The highest BCUT2D eigenvalue weighted by Crippen LogP contribution is 2.45. The van der Waals surface area contributed by atoms with Gasteiger partial charge in [-0.25, -0.2) is 0 Å². The number of halogens is 1. The zero-order chi connectivity index (χ0) is 14.3. The summed E-state index contributed by atoms with van der Waals surface area (Å²) in [6.45, 7) is 9.23. The summed E-state index contributed by atoms with van der Waals surface area (Å²) in [5, 5.41) is 3.25. The Hall–Kier alpha value is -0.280. The first-order valence-electron chi connectivity index (χ1n) is 7.72. The molecule has 0 atom stereocenters. The van der Waals surface area contributed by atoms with Gasteiger partial charge in [0.1, 0.15) is 0 Å². The molecule has 2 fully saturated rings.